The molecule has 2 aromatic carbocycles. The van der Waals surface area contributed by atoms with Crippen LogP contribution in [0.3, 0.4) is 0 Å². The Bertz CT molecular complexity index is 1150. The lowest BCUT2D eigenvalue weighted by Gasteiger charge is -2.47. The van der Waals surface area contributed by atoms with Gasteiger partial charge >= 0.3 is 0 Å². The quantitative estimate of drug-likeness (QED) is 0.411. The number of fused-ring (bicyclic) bond motifs is 1. The van der Waals surface area contributed by atoms with Crippen LogP contribution < -0.4 is 15.1 Å². The van der Waals surface area contributed by atoms with Gasteiger partial charge in [0.15, 0.2) is 5.11 Å². The van der Waals surface area contributed by atoms with Crippen molar-refractivity contribution in [2.45, 2.75) is 52.5 Å². The Morgan fingerprint density at radius 2 is 1.88 bits per heavy atom. The average Bonchev–Trinajstić information content (AvgIpc) is 2.72. The number of amides is 2. The van der Waals surface area contributed by atoms with Crippen LogP contribution in [-0.2, 0) is 9.59 Å². The van der Waals surface area contributed by atoms with E-state index in [1.54, 1.807) is 6.08 Å². The number of carbonyl (C=O) groups is 2. The highest BCUT2D eigenvalue weighted by molar-refractivity contribution is 7.80. The molecule has 166 valence electrons. The minimum atomic E-state index is -0.466. The second-order valence-corrected chi connectivity index (χ2v) is 9.61. The molecule has 5 nitrogen and oxygen atoms in total. The molecule has 2 aliphatic rings. The van der Waals surface area contributed by atoms with Gasteiger partial charge in [0.2, 0.25) is 0 Å². The van der Waals surface area contributed by atoms with Crippen LogP contribution in [0.2, 0.25) is 0 Å². The molecule has 1 atom stereocenters. The van der Waals surface area contributed by atoms with Gasteiger partial charge in [-0.2, -0.15) is 0 Å². The third-order valence-electron chi connectivity index (χ3n) is 6.49. The summed E-state index contributed by atoms with van der Waals surface area (Å²) < 4.78 is 0. The Morgan fingerprint density at radius 3 is 2.56 bits per heavy atom. The van der Waals surface area contributed by atoms with Crippen LogP contribution >= 0.6 is 12.2 Å². The van der Waals surface area contributed by atoms with Crippen molar-refractivity contribution in [2.75, 3.05) is 16.3 Å². The highest BCUT2D eigenvalue weighted by Gasteiger charge is 2.37. The molecule has 32 heavy (non-hydrogen) atoms. The normalized spacial score (nSPS) is 21.6. The molecule has 4 rings (SSSR count). The van der Waals surface area contributed by atoms with Gasteiger partial charge in [-0.1, -0.05) is 31.2 Å². The minimum absolute atomic E-state index is 0.0814. The molecule has 6 heteroatoms. The van der Waals surface area contributed by atoms with Crippen molar-refractivity contribution < 1.29 is 9.59 Å². The molecule has 2 aromatic rings. The number of thiocarbonyl (C=S) groups is 1. The monoisotopic (exact) mass is 447 g/mol. The van der Waals surface area contributed by atoms with E-state index < -0.39 is 11.8 Å². The minimum Gasteiger partial charge on any atom is -0.366 e. The second kappa shape index (κ2) is 8.17. The topological polar surface area (TPSA) is 52.7 Å². The van der Waals surface area contributed by atoms with E-state index in [9.17, 15) is 9.59 Å². The van der Waals surface area contributed by atoms with E-state index in [4.69, 9.17) is 12.2 Å². The van der Waals surface area contributed by atoms with Crippen molar-refractivity contribution >= 4 is 46.6 Å². The molecular weight excluding hydrogens is 418 g/mol. The number of hydrogen-bond donors (Lipinski definition) is 1. The lowest BCUT2D eigenvalue weighted by Crippen LogP contribution is -2.54. The van der Waals surface area contributed by atoms with Crippen LogP contribution in [0, 0.1) is 6.92 Å². The maximum atomic E-state index is 13.3. The number of nitrogens with one attached hydrogen (secondary N) is 1. The molecule has 2 amide bonds. The number of rotatable bonds is 3. The maximum absolute atomic E-state index is 13.3. The first kappa shape index (κ1) is 22.2. The molecule has 0 aliphatic carbocycles. The highest BCUT2D eigenvalue weighted by Crippen LogP contribution is 2.43. The van der Waals surface area contributed by atoms with Crippen molar-refractivity contribution in [1.29, 1.82) is 0 Å². The number of carbonyl (C=O) groups excluding carboxylic acids is 2. The van der Waals surface area contributed by atoms with Crippen LogP contribution in [0.4, 0.5) is 11.4 Å². The van der Waals surface area contributed by atoms with E-state index >= 15 is 0 Å². The van der Waals surface area contributed by atoms with E-state index in [2.05, 4.69) is 50.0 Å². The lowest BCUT2D eigenvalue weighted by molar-refractivity contribution is -0.122. The first-order valence-electron chi connectivity index (χ1n) is 11.0. The third kappa shape index (κ3) is 3.73. The van der Waals surface area contributed by atoms with E-state index in [0.29, 0.717) is 11.6 Å². The zero-order valence-corrected chi connectivity index (χ0v) is 20.0. The second-order valence-electron chi connectivity index (χ2n) is 9.22. The number of benzene rings is 2. The molecule has 0 aromatic heterocycles. The number of aryl methyl sites for hydroxylation is 1. The summed E-state index contributed by atoms with van der Waals surface area (Å²) in [4.78, 5) is 29.9. The Labute approximate surface area is 195 Å². The van der Waals surface area contributed by atoms with Crippen molar-refractivity contribution in [3.8, 4) is 0 Å². The SMILES string of the molecule is CCN1c2ccc(/C=C3\C(=O)NC(=S)N(c4ccccc4C)C3=O)cc2[C@H](C)CC1(C)C. The predicted octanol–water partition coefficient (Wildman–Crippen LogP) is 4.94. The van der Waals surface area contributed by atoms with Gasteiger partial charge in [0.05, 0.1) is 5.69 Å². The van der Waals surface area contributed by atoms with Crippen LogP contribution in [-0.4, -0.2) is 29.0 Å². The summed E-state index contributed by atoms with van der Waals surface area (Å²) in [5, 5.41) is 2.78. The van der Waals surface area contributed by atoms with Gasteiger partial charge in [0.1, 0.15) is 5.57 Å². The molecule has 0 bridgehead atoms. The van der Waals surface area contributed by atoms with E-state index in [1.165, 1.54) is 16.2 Å². The first-order valence-corrected chi connectivity index (χ1v) is 11.4. The average molecular weight is 448 g/mol. The molecule has 2 heterocycles. The van der Waals surface area contributed by atoms with Crippen LogP contribution in [0.1, 0.15) is 56.7 Å². The standard InChI is InChI=1S/C26H29N3O2S/c1-6-28-22-12-11-18(13-19(22)17(3)15-26(28,4)5)14-20-23(30)27-25(32)29(24(20)31)21-10-8-7-9-16(21)2/h7-14,17H,6,15H2,1-5H3,(H,27,30,32)/b20-14+/t17-/m1/s1. The van der Waals surface area contributed by atoms with Gasteiger partial charge in [-0.3, -0.25) is 19.8 Å². The van der Waals surface area contributed by atoms with Gasteiger partial charge in [-0.25, -0.2) is 0 Å². The summed E-state index contributed by atoms with van der Waals surface area (Å²) >= 11 is 5.32. The van der Waals surface area contributed by atoms with Gasteiger partial charge in [-0.15, -0.1) is 0 Å². The summed E-state index contributed by atoms with van der Waals surface area (Å²) in [6.45, 7) is 11.8. The molecule has 0 unspecified atom stereocenters. The summed E-state index contributed by atoms with van der Waals surface area (Å²) in [5.41, 5.74) is 5.05. The Morgan fingerprint density at radius 1 is 1.16 bits per heavy atom. The largest absolute Gasteiger partial charge is 0.366 e. The van der Waals surface area contributed by atoms with Gasteiger partial charge in [-0.05, 0) is 93.2 Å². The molecule has 0 saturated carbocycles. The van der Waals surface area contributed by atoms with Crippen LogP contribution in [0.25, 0.3) is 6.08 Å². The van der Waals surface area contributed by atoms with Crippen molar-refractivity contribution in [3.63, 3.8) is 0 Å². The Balaban J connectivity index is 1.74. The van der Waals surface area contributed by atoms with E-state index in [0.717, 1.165) is 24.1 Å². The van der Waals surface area contributed by atoms with Crippen LogP contribution in [0.5, 0.6) is 0 Å². The molecule has 1 fully saturated rings. The smallest absolute Gasteiger partial charge is 0.270 e. The zero-order chi connectivity index (χ0) is 23.2. The molecule has 0 radical (unpaired) electrons. The molecule has 2 aliphatic heterocycles. The van der Waals surface area contributed by atoms with Gasteiger partial charge in [0.25, 0.3) is 11.8 Å². The highest BCUT2D eigenvalue weighted by atomic mass is 32.1. The summed E-state index contributed by atoms with van der Waals surface area (Å²) in [6.07, 6.45) is 2.72. The summed E-state index contributed by atoms with van der Waals surface area (Å²) in [6, 6.07) is 13.7. The number of anilines is 2. The van der Waals surface area contributed by atoms with Crippen LogP contribution in [0.15, 0.2) is 48.0 Å². The molecule has 0 spiro atoms. The van der Waals surface area contributed by atoms with Crippen molar-refractivity contribution in [1.82, 2.24) is 5.32 Å². The summed E-state index contributed by atoms with van der Waals surface area (Å²) in [5.74, 6) is -0.491. The number of nitrogens with zero attached hydrogens (tertiary/aromatic N) is 2. The Kier molecular flexibility index (Phi) is 5.67. The first-order chi connectivity index (χ1) is 15.1. The predicted molar refractivity (Wildman–Crippen MR) is 134 cm³/mol. The fourth-order valence-corrected chi connectivity index (χ4v) is 5.33. The summed E-state index contributed by atoms with van der Waals surface area (Å²) in [7, 11) is 0. The lowest BCUT2D eigenvalue weighted by atomic mass is 9.79. The zero-order valence-electron chi connectivity index (χ0n) is 19.2. The van der Waals surface area contributed by atoms with E-state index in [-0.39, 0.29) is 16.2 Å². The number of para-hydroxylation sites is 1. The Hall–Kier alpha value is -2.99. The fourth-order valence-electron chi connectivity index (χ4n) is 5.05. The van der Waals surface area contributed by atoms with Crippen molar-refractivity contribution in [2.24, 2.45) is 0 Å². The fraction of sp³-hybridized carbons (Fsp3) is 0.346. The molecule has 1 N–H and O–H groups in total. The van der Waals surface area contributed by atoms with Gasteiger partial charge < -0.3 is 4.90 Å². The van der Waals surface area contributed by atoms with Crippen molar-refractivity contribution in [3.05, 3.63) is 64.7 Å². The molecule has 1 saturated heterocycles. The van der Waals surface area contributed by atoms with Gasteiger partial charge in [0, 0.05) is 17.8 Å². The maximum Gasteiger partial charge on any atom is 0.270 e. The van der Waals surface area contributed by atoms with E-state index in [1.807, 2.05) is 37.3 Å². The third-order valence-corrected chi connectivity index (χ3v) is 6.78. The molecular formula is C26H29N3O2S. The number of hydrogen-bond acceptors (Lipinski definition) is 4.